The van der Waals surface area contributed by atoms with E-state index in [1.165, 1.54) is 24.8 Å². The first-order chi connectivity index (χ1) is 6.18. The molecule has 0 nitrogen and oxygen atoms in total. The molecule has 1 saturated carbocycles. The van der Waals surface area contributed by atoms with Gasteiger partial charge in [0.25, 0.3) is 0 Å². The third-order valence-electron chi connectivity index (χ3n) is 3.80. The van der Waals surface area contributed by atoms with Crippen molar-refractivity contribution >= 4 is 0 Å². The molecule has 72 valence electrons. The second kappa shape index (κ2) is 3.32. The second-order valence-corrected chi connectivity index (χ2v) is 4.92. The van der Waals surface area contributed by atoms with E-state index in [1.807, 2.05) is 0 Å². The topological polar surface area (TPSA) is 0 Å². The Morgan fingerprint density at radius 3 is 2.38 bits per heavy atom. The van der Waals surface area contributed by atoms with E-state index in [4.69, 9.17) is 0 Å². The summed E-state index contributed by atoms with van der Waals surface area (Å²) in [7, 11) is 0. The maximum atomic E-state index is 2.43. The minimum atomic E-state index is 0.807. The number of hydrogen-bond donors (Lipinski definition) is 0. The molecule has 1 fully saturated rings. The van der Waals surface area contributed by atoms with Gasteiger partial charge in [-0.25, -0.2) is 0 Å². The molecule has 2 atom stereocenters. The van der Waals surface area contributed by atoms with E-state index >= 15 is 0 Å². The maximum absolute atomic E-state index is 2.43. The van der Waals surface area contributed by atoms with Gasteiger partial charge in [-0.15, -0.1) is 0 Å². The molecular weight excluding hydrogens is 156 g/mol. The van der Waals surface area contributed by atoms with Crippen molar-refractivity contribution in [2.45, 2.75) is 40.0 Å². The molecule has 2 rings (SSSR count). The van der Waals surface area contributed by atoms with E-state index < -0.39 is 0 Å². The van der Waals surface area contributed by atoms with Gasteiger partial charge in [0.15, 0.2) is 0 Å². The Kier molecular flexibility index (Phi) is 2.31. The average Bonchev–Trinajstić information content (AvgIpc) is 2.87. The fourth-order valence-electron chi connectivity index (χ4n) is 2.37. The van der Waals surface area contributed by atoms with E-state index in [-0.39, 0.29) is 0 Å². The van der Waals surface area contributed by atoms with Gasteiger partial charge in [-0.05, 0) is 43.9 Å². The van der Waals surface area contributed by atoms with Crippen molar-refractivity contribution in [2.75, 3.05) is 0 Å². The Hall–Kier alpha value is -0.520. The van der Waals surface area contributed by atoms with Crippen LogP contribution < -0.4 is 0 Å². The van der Waals surface area contributed by atoms with Gasteiger partial charge in [-0.3, -0.25) is 0 Å². The third kappa shape index (κ3) is 1.87. The number of hydrogen-bond acceptors (Lipinski definition) is 0. The van der Waals surface area contributed by atoms with Crippen LogP contribution in [0.4, 0.5) is 0 Å². The summed E-state index contributed by atoms with van der Waals surface area (Å²) in [5.41, 5.74) is 3.20. The molecule has 2 unspecified atom stereocenters. The Labute approximate surface area is 81.7 Å². The van der Waals surface area contributed by atoms with Crippen LogP contribution in [0.1, 0.15) is 40.0 Å². The van der Waals surface area contributed by atoms with Crippen LogP contribution in [0.5, 0.6) is 0 Å². The quantitative estimate of drug-likeness (QED) is 0.611. The van der Waals surface area contributed by atoms with Crippen molar-refractivity contribution in [1.29, 1.82) is 0 Å². The Bertz CT molecular complexity index is 253. The molecular formula is C13H20. The van der Waals surface area contributed by atoms with E-state index in [0.717, 1.165) is 17.8 Å². The van der Waals surface area contributed by atoms with Crippen LogP contribution in [0.25, 0.3) is 0 Å². The van der Waals surface area contributed by atoms with Crippen molar-refractivity contribution < 1.29 is 0 Å². The molecule has 0 saturated heterocycles. The molecule has 0 aliphatic heterocycles. The molecule has 0 heteroatoms. The molecule has 0 radical (unpaired) electrons. The minimum absolute atomic E-state index is 0.807. The smallest absolute Gasteiger partial charge is 0.0102 e. The van der Waals surface area contributed by atoms with Crippen molar-refractivity contribution in [2.24, 2.45) is 17.8 Å². The van der Waals surface area contributed by atoms with Crippen molar-refractivity contribution in [3.8, 4) is 0 Å². The first-order valence-electron chi connectivity index (χ1n) is 5.54. The molecule has 2 aliphatic rings. The highest BCUT2D eigenvalue weighted by Crippen LogP contribution is 2.43. The predicted molar refractivity (Wildman–Crippen MR) is 57.5 cm³/mol. The van der Waals surface area contributed by atoms with Crippen LogP contribution in [0.15, 0.2) is 23.3 Å². The van der Waals surface area contributed by atoms with Gasteiger partial charge in [0.05, 0.1) is 0 Å². The zero-order chi connectivity index (χ0) is 9.42. The molecule has 0 aromatic carbocycles. The van der Waals surface area contributed by atoms with Crippen molar-refractivity contribution in [3.63, 3.8) is 0 Å². The maximum Gasteiger partial charge on any atom is -0.0102 e. The van der Waals surface area contributed by atoms with Crippen molar-refractivity contribution in [3.05, 3.63) is 23.3 Å². The summed E-state index contributed by atoms with van der Waals surface area (Å²) in [5.74, 6) is 2.75. The van der Waals surface area contributed by atoms with E-state index in [9.17, 15) is 0 Å². The molecule has 0 spiro atoms. The highest BCUT2D eigenvalue weighted by atomic mass is 14.4. The zero-order valence-corrected chi connectivity index (χ0v) is 9.01. The highest BCUT2D eigenvalue weighted by molar-refractivity contribution is 5.30. The Morgan fingerprint density at radius 2 is 1.92 bits per heavy atom. The molecule has 0 amide bonds. The third-order valence-corrected chi connectivity index (χ3v) is 3.80. The van der Waals surface area contributed by atoms with Gasteiger partial charge in [0, 0.05) is 0 Å². The molecule has 13 heavy (non-hydrogen) atoms. The second-order valence-electron chi connectivity index (χ2n) is 4.92. The average molecular weight is 176 g/mol. The van der Waals surface area contributed by atoms with Gasteiger partial charge >= 0.3 is 0 Å². The fourth-order valence-corrected chi connectivity index (χ4v) is 2.37. The fraction of sp³-hybridized carbons (Fsp3) is 0.692. The van der Waals surface area contributed by atoms with Gasteiger partial charge in [-0.2, -0.15) is 0 Å². The van der Waals surface area contributed by atoms with Gasteiger partial charge in [0.1, 0.15) is 0 Å². The molecule has 0 aromatic heterocycles. The minimum Gasteiger partial charge on any atom is -0.0693 e. The van der Waals surface area contributed by atoms with Gasteiger partial charge in [0.2, 0.25) is 0 Å². The van der Waals surface area contributed by atoms with Gasteiger partial charge in [-0.1, -0.05) is 37.1 Å². The summed E-state index contributed by atoms with van der Waals surface area (Å²) in [6.07, 6.45) is 8.82. The Morgan fingerprint density at radius 1 is 1.23 bits per heavy atom. The number of allylic oxidation sites excluding steroid dienone is 4. The first-order valence-corrected chi connectivity index (χ1v) is 5.54. The summed E-state index contributed by atoms with van der Waals surface area (Å²) in [4.78, 5) is 0. The molecule has 0 heterocycles. The van der Waals surface area contributed by atoms with E-state index in [0.29, 0.717) is 0 Å². The number of rotatable bonds is 3. The lowest BCUT2D eigenvalue weighted by Crippen LogP contribution is -2.12. The van der Waals surface area contributed by atoms with E-state index in [2.05, 4.69) is 32.9 Å². The molecule has 0 bridgehead atoms. The normalized spacial score (nSPS) is 26.7. The summed E-state index contributed by atoms with van der Waals surface area (Å²) >= 11 is 0. The lowest BCUT2D eigenvalue weighted by molar-refractivity contribution is 0.387. The summed E-state index contributed by atoms with van der Waals surface area (Å²) < 4.78 is 0. The molecule has 0 aromatic rings. The Balaban J connectivity index is 1.94. The molecule has 0 N–H and O–H groups in total. The zero-order valence-electron chi connectivity index (χ0n) is 9.01. The van der Waals surface area contributed by atoms with Crippen LogP contribution in [-0.4, -0.2) is 0 Å². The highest BCUT2D eigenvalue weighted by Gasteiger charge is 2.32. The van der Waals surface area contributed by atoms with Crippen LogP contribution in [-0.2, 0) is 0 Å². The monoisotopic (exact) mass is 176 g/mol. The summed E-state index contributed by atoms with van der Waals surface area (Å²) in [6.45, 7) is 7.07. The van der Waals surface area contributed by atoms with Crippen LogP contribution >= 0.6 is 0 Å². The van der Waals surface area contributed by atoms with Crippen LogP contribution in [0.3, 0.4) is 0 Å². The van der Waals surface area contributed by atoms with Crippen LogP contribution in [0, 0.1) is 17.8 Å². The summed E-state index contributed by atoms with van der Waals surface area (Å²) in [5, 5.41) is 0. The SMILES string of the molecule is CC1=CC=C(C(C)C(C)C2CC2)C1. The lowest BCUT2D eigenvalue weighted by atomic mass is 9.84. The largest absolute Gasteiger partial charge is 0.0693 e. The summed E-state index contributed by atoms with van der Waals surface area (Å²) in [6, 6.07) is 0. The van der Waals surface area contributed by atoms with Crippen LogP contribution in [0.2, 0.25) is 0 Å². The standard InChI is InChI=1S/C13H20/c1-9-4-5-13(8-9)11(3)10(2)12-6-7-12/h4-5,10-12H,6-8H2,1-3H3. The predicted octanol–water partition coefficient (Wildman–Crippen LogP) is 3.95. The molecule has 2 aliphatic carbocycles. The van der Waals surface area contributed by atoms with Gasteiger partial charge < -0.3 is 0 Å². The van der Waals surface area contributed by atoms with Crippen molar-refractivity contribution in [1.82, 2.24) is 0 Å². The van der Waals surface area contributed by atoms with E-state index in [1.54, 1.807) is 5.57 Å². The lowest BCUT2D eigenvalue weighted by Gasteiger charge is -2.21. The first kappa shape index (κ1) is 9.05.